The maximum Gasteiger partial charge on any atom is 0.347 e. The number of carbonyl (C=O) groups excluding carboxylic acids is 4. The van der Waals surface area contributed by atoms with Crippen molar-refractivity contribution in [1.29, 1.82) is 0 Å². The van der Waals surface area contributed by atoms with Crippen LogP contribution in [0.4, 0.5) is 0 Å². The number of ether oxygens (including phenoxy) is 2. The predicted molar refractivity (Wildman–Crippen MR) is 115 cm³/mol. The second kappa shape index (κ2) is 7.40. The molecule has 33 heavy (non-hydrogen) atoms. The van der Waals surface area contributed by atoms with Crippen LogP contribution in [0.2, 0.25) is 0 Å². The predicted octanol–water partition coefficient (Wildman–Crippen LogP) is 2.86. The number of likely N-dealkylation sites (tertiary alicyclic amines) is 1. The number of esters is 2. The van der Waals surface area contributed by atoms with Gasteiger partial charge in [0.15, 0.2) is 0 Å². The Morgan fingerprint density at radius 2 is 1.42 bits per heavy atom. The van der Waals surface area contributed by atoms with E-state index in [-0.39, 0.29) is 46.8 Å². The molecule has 0 unspecified atom stereocenters. The molecular formula is C26H21NO6. The molecule has 166 valence electrons. The van der Waals surface area contributed by atoms with E-state index in [0.29, 0.717) is 17.6 Å². The lowest BCUT2D eigenvalue weighted by Gasteiger charge is -2.37. The first-order valence-corrected chi connectivity index (χ1v) is 11.1. The van der Waals surface area contributed by atoms with Crippen molar-refractivity contribution in [3.05, 3.63) is 72.3 Å². The molecule has 1 heterocycles. The van der Waals surface area contributed by atoms with Crippen molar-refractivity contribution < 1.29 is 28.7 Å². The van der Waals surface area contributed by atoms with Gasteiger partial charge >= 0.3 is 11.9 Å². The van der Waals surface area contributed by atoms with Gasteiger partial charge in [0, 0.05) is 0 Å². The molecule has 2 aromatic carbocycles. The third-order valence-electron chi connectivity index (χ3n) is 7.33. The maximum atomic E-state index is 13.1. The molecule has 0 aromatic heterocycles. The Morgan fingerprint density at radius 1 is 0.818 bits per heavy atom. The number of imide groups is 1. The van der Waals surface area contributed by atoms with Crippen LogP contribution in [0, 0.1) is 35.5 Å². The number of hydrogen-bond donors (Lipinski definition) is 0. The summed E-state index contributed by atoms with van der Waals surface area (Å²) in [6, 6.07) is 14.8. The first-order chi connectivity index (χ1) is 16.0. The van der Waals surface area contributed by atoms with Crippen LogP contribution in [0.5, 0.6) is 11.5 Å². The fourth-order valence-electron chi connectivity index (χ4n) is 5.83. The van der Waals surface area contributed by atoms with Gasteiger partial charge in [-0.05, 0) is 54.4 Å². The van der Waals surface area contributed by atoms with Gasteiger partial charge in [-0.2, -0.15) is 0 Å². The van der Waals surface area contributed by atoms with Gasteiger partial charge < -0.3 is 9.47 Å². The Kier molecular flexibility index (Phi) is 4.47. The molecule has 0 spiro atoms. The van der Waals surface area contributed by atoms with Crippen LogP contribution >= 0.6 is 0 Å². The lowest BCUT2D eigenvalue weighted by molar-refractivity contribution is -0.148. The average molecular weight is 443 g/mol. The van der Waals surface area contributed by atoms with Gasteiger partial charge in [-0.15, -0.1) is 0 Å². The zero-order valence-corrected chi connectivity index (χ0v) is 17.6. The van der Waals surface area contributed by atoms with Crippen LogP contribution in [0.15, 0.2) is 66.7 Å². The minimum absolute atomic E-state index is 0.0166. The first kappa shape index (κ1) is 19.9. The van der Waals surface area contributed by atoms with Gasteiger partial charge in [0.1, 0.15) is 23.6 Å². The standard InChI is InChI=1S/C26H21NO6/c28-21(33-20-9-5-4-8-17(20)26(31)32-14-6-2-1-3-7-14)13-27-24(29)22-15-10-11-16(19-12-18(15)19)23(22)25(27)30/h1-11,15-16,18-19,22-23H,12-13H2/t15-,16-,18-,19+,22-,23+/m1/s1. The van der Waals surface area contributed by atoms with E-state index in [4.69, 9.17) is 9.47 Å². The monoisotopic (exact) mass is 443 g/mol. The lowest BCUT2D eigenvalue weighted by Crippen LogP contribution is -2.40. The summed E-state index contributed by atoms with van der Waals surface area (Å²) in [5, 5.41) is 0. The van der Waals surface area contributed by atoms with E-state index < -0.39 is 18.5 Å². The van der Waals surface area contributed by atoms with Crippen LogP contribution in [0.3, 0.4) is 0 Å². The molecular weight excluding hydrogens is 422 g/mol. The summed E-state index contributed by atoms with van der Waals surface area (Å²) in [6.45, 7) is -0.471. The van der Waals surface area contributed by atoms with Crippen LogP contribution in [-0.2, 0) is 14.4 Å². The van der Waals surface area contributed by atoms with Gasteiger partial charge in [0.25, 0.3) is 0 Å². The van der Waals surface area contributed by atoms with E-state index in [1.54, 1.807) is 42.5 Å². The Hall–Kier alpha value is -3.74. The summed E-state index contributed by atoms with van der Waals surface area (Å²) in [4.78, 5) is 52.5. The molecule has 7 nitrogen and oxygen atoms in total. The molecule has 7 rings (SSSR count). The van der Waals surface area contributed by atoms with Crippen molar-refractivity contribution in [3.8, 4) is 11.5 Å². The molecule has 5 aliphatic rings. The zero-order chi connectivity index (χ0) is 22.7. The van der Waals surface area contributed by atoms with Crippen LogP contribution in [0.25, 0.3) is 0 Å². The van der Waals surface area contributed by atoms with Gasteiger partial charge in [-0.25, -0.2) is 9.59 Å². The molecule has 7 heteroatoms. The normalized spacial score (nSPS) is 30.6. The van der Waals surface area contributed by atoms with Gasteiger partial charge in [-0.3, -0.25) is 14.5 Å². The van der Waals surface area contributed by atoms with E-state index in [2.05, 4.69) is 12.2 Å². The van der Waals surface area contributed by atoms with Crippen molar-refractivity contribution in [2.24, 2.45) is 35.5 Å². The van der Waals surface area contributed by atoms with E-state index >= 15 is 0 Å². The van der Waals surface area contributed by atoms with E-state index in [9.17, 15) is 19.2 Å². The quantitative estimate of drug-likeness (QED) is 0.306. The molecule has 6 atom stereocenters. The summed E-state index contributed by atoms with van der Waals surface area (Å²) in [7, 11) is 0. The second-order valence-corrected chi connectivity index (χ2v) is 9.09. The molecule has 0 N–H and O–H groups in total. The number of amides is 2. The maximum absolute atomic E-state index is 13.1. The highest BCUT2D eigenvalue weighted by Crippen LogP contribution is 2.65. The van der Waals surface area contributed by atoms with Crippen molar-refractivity contribution >= 4 is 23.8 Å². The molecule has 2 saturated carbocycles. The van der Waals surface area contributed by atoms with E-state index in [0.717, 1.165) is 11.3 Å². The minimum atomic E-state index is -0.777. The lowest BCUT2D eigenvalue weighted by atomic mass is 9.63. The number of nitrogens with zero attached hydrogens (tertiary/aromatic N) is 1. The molecule has 2 aromatic rings. The van der Waals surface area contributed by atoms with E-state index in [1.165, 1.54) is 12.1 Å². The van der Waals surface area contributed by atoms with E-state index in [1.807, 2.05) is 0 Å². The van der Waals surface area contributed by atoms with Crippen LogP contribution in [0.1, 0.15) is 16.8 Å². The van der Waals surface area contributed by atoms with Crippen molar-refractivity contribution in [1.82, 2.24) is 4.90 Å². The SMILES string of the molecule is O=C(CN1C(=O)[C@@H]2[C@@H]3C=C[C@H]([C@@H]4C[C@H]34)[C@@H]2C1=O)Oc1ccccc1C(=O)Oc1ccccc1. The summed E-state index contributed by atoms with van der Waals surface area (Å²) < 4.78 is 10.8. The van der Waals surface area contributed by atoms with Gasteiger partial charge in [0.05, 0.1) is 11.8 Å². The summed E-state index contributed by atoms with van der Waals surface area (Å²) in [6.07, 6.45) is 5.25. The molecule has 4 aliphatic carbocycles. The fraction of sp³-hybridized carbons (Fsp3) is 0.308. The molecule has 2 bridgehead atoms. The highest BCUT2D eigenvalue weighted by molar-refractivity contribution is 6.08. The minimum Gasteiger partial charge on any atom is -0.424 e. The zero-order valence-electron chi connectivity index (χ0n) is 17.6. The highest BCUT2D eigenvalue weighted by atomic mass is 16.6. The summed E-state index contributed by atoms with van der Waals surface area (Å²) in [5.74, 6) is -1.21. The van der Waals surface area contributed by atoms with Gasteiger partial charge in [-0.1, -0.05) is 42.5 Å². The topological polar surface area (TPSA) is 90.0 Å². The smallest absolute Gasteiger partial charge is 0.347 e. The number of allylic oxidation sites excluding steroid dienone is 2. The number of benzene rings is 2. The molecule has 1 saturated heterocycles. The first-order valence-electron chi connectivity index (χ1n) is 11.1. The summed E-state index contributed by atoms with van der Waals surface area (Å²) >= 11 is 0. The Balaban J connectivity index is 1.16. The Morgan fingerprint density at radius 3 is 2.09 bits per heavy atom. The van der Waals surface area contributed by atoms with Crippen molar-refractivity contribution in [2.45, 2.75) is 6.42 Å². The third kappa shape index (κ3) is 3.18. The average Bonchev–Trinajstić information content (AvgIpc) is 3.61. The number of para-hydroxylation sites is 2. The largest absolute Gasteiger partial charge is 0.424 e. The second-order valence-electron chi connectivity index (χ2n) is 9.09. The Labute approximate surface area is 190 Å². The van der Waals surface area contributed by atoms with Crippen molar-refractivity contribution in [2.75, 3.05) is 6.54 Å². The number of carbonyl (C=O) groups is 4. The fourth-order valence-corrected chi connectivity index (χ4v) is 5.83. The third-order valence-corrected chi connectivity index (χ3v) is 7.33. The molecule has 2 amide bonds. The Bertz CT molecular complexity index is 1170. The molecule has 1 aliphatic heterocycles. The molecule has 0 radical (unpaired) electrons. The highest BCUT2D eigenvalue weighted by Gasteiger charge is 2.67. The summed E-state index contributed by atoms with van der Waals surface area (Å²) in [5.41, 5.74) is 0.0739. The van der Waals surface area contributed by atoms with Gasteiger partial charge in [0.2, 0.25) is 11.8 Å². The van der Waals surface area contributed by atoms with Crippen LogP contribution < -0.4 is 9.47 Å². The van der Waals surface area contributed by atoms with Crippen LogP contribution in [-0.4, -0.2) is 35.2 Å². The number of rotatable bonds is 5. The number of hydrogen-bond acceptors (Lipinski definition) is 6. The van der Waals surface area contributed by atoms with Crippen molar-refractivity contribution in [3.63, 3.8) is 0 Å². The molecule has 3 fully saturated rings.